The third-order valence-corrected chi connectivity index (χ3v) is 19.9. The number of carboxylic acids is 1. The van der Waals surface area contributed by atoms with E-state index < -0.39 is 105 Å². The fourth-order valence-electron chi connectivity index (χ4n) is 13.6. The average molecular weight is 1790 g/mol. The van der Waals surface area contributed by atoms with Crippen LogP contribution in [0.2, 0.25) is 0 Å². The summed E-state index contributed by atoms with van der Waals surface area (Å²) >= 11 is 0. The lowest BCUT2D eigenvalue weighted by molar-refractivity contribution is -0.118. The molecule has 9 heterocycles. The van der Waals surface area contributed by atoms with E-state index in [4.69, 9.17) is 33.1 Å². The minimum absolute atomic E-state index is 0.0152. The number of hydrogen-bond donors (Lipinski definition) is 8. The number of anilines is 3. The first kappa shape index (κ1) is 94.0. The van der Waals surface area contributed by atoms with Gasteiger partial charge in [0.25, 0.3) is 11.1 Å². The van der Waals surface area contributed by atoms with E-state index >= 15 is 0 Å². The predicted molar refractivity (Wildman–Crippen MR) is 475 cm³/mol. The van der Waals surface area contributed by atoms with Crippen molar-refractivity contribution in [2.24, 2.45) is 0 Å². The molecule has 39 heteroatoms. The van der Waals surface area contributed by atoms with Gasteiger partial charge in [0.15, 0.2) is 28.4 Å². The monoisotopic (exact) mass is 1780 g/mol. The summed E-state index contributed by atoms with van der Waals surface area (Å²) < 4.78 is 99.4. The highest BCUT2D eigenvalue weighted by molar-refractivity contribution is 6.03. The van der Waals surface area contributed by atoms with Crippen molar-refractivity contribution in [1.29, 1.82) is 0 Å². The zero-order valence-electron chi connectivity index (χ0n) is 72.6. The molecule has 8 N–H and O–H groups in total. The fraction of sp³-hybridized carbons (Fsp3) is 0.297. The number of aromatic carboxylic acids is 1. The van der Waals surface area contributed by atoms with Gasteiger partial charge in [-0.3, -0.25) is 28.1 Å². The van der Waals surface area contributed by atoms with Gasteiger partial charge in [0, 0.05) is 6.61 Å². The van der Waals surface area contributed by atoms with E-state index in [1.165, 1.54) is 76.6 Å². The predicted octanol–water partition coefficient (Wildman–Crippen LogP) is 16.0. The molecule has 0 radical (unpaired) electrons. The molecular formula is C91H93F5N20O14. The van der Waals surface area contributed by atoms with E-state index in [1.54, 1.807) is 93.0 Å². The molecule has 1 aliphatic rings. The van der Waals surface area contributed by atoms with E-state index in [0.717, 1.165) is 49.6 Å². The largest absolute Gasteiger partial charge is 0.478 e. The van der Waals surface area contributed by atoms with Gasteiger partial charge in [-0.2, -0.15) is 0 Å². The number of para-hydroxylation sites is 2. The first-order valence-corrected chi connectivity index (χ1v) is 41.3. The van der Waals surface area contributed by atoms with Crippen LogP contribution in [0, 0.1) is 29.1 Å². The van der Waals surface area contributed by atoms with Crippen LogP contribution >= 0.6 is 0 Å². The number of carbonyl (C=O) groups excluding carboxylic acids is 3. The molecule has 676 valence electrons. The van der Waals surface area contributed by atoms with Crippen molar-refractivity contribution < 1.29 is 69.3 Å². The van der Waals surface area contributed by atoms with Gasteiger partial charge in [-0.05, 0) is 204 Å². The molecule has 1 saturated heterocycles. The summed E-state index contributed by atoms with van der Waals surface area (Å²) in [6.45, 7) is 20.1. The standard InChI is InChI=1S/C27H26FN7O2.C21H16FN7O.C16H21FN2O5.C16H19FN2O4.C11H11FN2O2/c1-2-19(32-24-23-26(30-15-29-24)34(16-31-23)21-13-6-7-14-37-21)25-33-20-12-8-11-18(28)22(20)27(36)35(25)17-9-4-3-5-10-17;1-12(27-19-17-18(24-10-23-17)25-11-26-19)20-28-16-8-7-13(22)9-15(16)21(30)29(20)14-5-3-2-4-6-14;1-5-11(19-15(23)24-16(2,3)4)13(20)18-12-7-6-9(17)8-10(12)14(21)22;1-5-10(19-15(21)23-16(2,3)4)13-18-11-8-6-7-9(17)12(11)14(20)22-13;1-6(13-2)10-14-9-4-3-7(12)5-8(9)11(15)16-10/h3-5,8-12,15-16,19,21H,2,6-7,13-14H2,1H3,(H,29,30,32);2-12H,1H3,(H2,23,24,25,26,27);6-8,11H,5H2,1-4H3,(H,18,20)(H,19,23)(H,21,22);6-8,10H,5H2,1-4H3,(H,19,21);3-6,13H,1-2H3/t19-,21?;12-;11-;10-;6-/m00000/s1. The molecule has 8 aromatic heterocycles. The maximum atomic E-state index is 14.7. The van der Waals surface area contributed by atoms with E-state index in [0.29, 0.717) is 98.9 Å². The van der Waals surface area contributed by atoms with Crippen molar-refractivity contribution in [2.75, 3.05) is 29.6 Å². The third kappa shape index (κ3) is 22.8. The van der Waals surface area contributed by atoms with Gasteiger partial charge < -0.3 is 65.0 Å². The van der Waals surface area contributed by atoms with Crippen LogP contribution in [0.15, 0.2) is 205 Å². The maximum absolute atomic E-state index is 14.7. The van der Waals surface area contributed by atoms with Gasteiger partial charge in [0.1, 0.15) is 99.2 Å². The molecule has 1 aliphatic heterocycles. The van der Waals surface area contributed by atoms with Crippen molar-refractivity contribution in [3.63, 3.8) is 0 Å². The van der Waals surface area contributed by atoms with Gasteiger partial charge >= 0.3 is 29.4 Å². The molecule has 1 fully saturated rings. The van der Waals surface area contributed by atoms with E-state index in [9.17, 15) is 60.3 Å². The van der Waals surface area contributed by atoms with Crippen molar-refractivity contribution >= 4 is 107 Å². The molecule has 34 nitrogen and oxygen atoms in total. The number of carbonyl (C=O) groups is 4. The number of nitrogens with zero attached hydrogens (tertiary/aromatic N) is 13. The van der Waals surface area contributed by atoms with Crippen LogP contribution in [0.5, 0.6) is 0 Å². The van der Waals surface area contributed by atoms with Crippen molar-refractivity contribution in [3.05, 3.63) is 277 Å². The molecule has 16 rings (SSSR count). The highest BCUT2D eigenvalue weighted by atomic mass is 19.1. The number of alkyl carbamates (subject to hydrolysis) is 2. The molecule has 1 unspecified atom stereocenters. The Balaban J connectivity index is 0.000000151. The Labute approximate surface area is 737 Å². The molecule has 6 atom stereocenters. The highest BCUT2D eigenvalue weighted by Crippen LogP contribution is 2.33. The van der Waals surface area contributed by atoms with Gasteiger partial charge in [-0.25, -0.2) is 95.8 Å². The summed E-state index contributed by atoms with van der Waals surface area (Å²) in [5.74, 6) is -2.68. The Bertz CT molecular complexity index is 6880. The summed E-state index contributed by atoms with van der Waals surface area (Å²) in [4.78, 5) is 144. The van der Waals surface area contributed by atoms with Crippen molar-refractivity contribution in [2.45, 2.75) is 162 Å². The molecule has 7 aromatic carbocycles. The number of imidazole rings is 2. The van der Waals surface area contributed by atoms with Gasteiger partial charge in [0.2, 0.25) is 17.7 Å². The number of carboxylic acid groups (broad SMARTS) is 1. The average Bonchev–Trinajstić information content (AvgIpc) is 0.758. The SMILES string of the molecule is CC[C@H](NC(=O)OC(C)(C)C)C(=O)Nc1ccc(F)cc1C(=O)O.CC[C@H](NC(=O)OC(C)(C)C)c1nc2cccc(F)c2c(=O)o1.CC[C@H](Nc1ncnc2c1ncn2C1CCCCO1)c1nc2cccc(F)c2c(=O)n1-c1ccccc1.CN[C@@H](C)c1nc2ccc(F)cc2c(=O)o1.C[C@H](Nc1ncnc2nc[nH]c12)c1nc2ccc(F)cc2c(=O)n1-c1ccccc1. The molecule has 0 saturated carbocycles. The van der Waals surface area contributed by atoms with Gasteiger partial charge in [-0.15, -0.1) is 0 Å². The first-order chi connectivity index (χ1) is 62.1. The van der Waals surface area contributed by atoms with Crippen LogP contribution in [0.4, 0.5) is 48.9 Å². The van der Waals surface area contributed by atoms with Gasteiger partial charge in [0.05, 0.1) is 86.2 Å². The van der Waals surface area contributed by atoms with E-state index in [1.807, 2.05) is 73.9 Å². The van der Waals surface area contributed by atoms with E-state index in [-0.39, 0.29) is 68.5 Å². The number of ether oxygens (including phenoxy) is 3. The summed E-state index contributed by atoms with van der Waals surface area (Å²) in [5, 5.41) is 26.2. The number of benzene rings is 7. The van der Waals surface area contributed by atoms with Crippen LogP contribution in [-0.4, -0.2) is 129 Å². The fourth-order valence-corrected chi connectivity index (χ4v) is 13.6. The zero-order valence-corrected chi connectivity index (χ0v) is 72.6. The molecule has 15 aromatic rings. The number of aromatic amines is 1. The normalized spacial score (nSPS) is 13.7. The smallest absolute Gasteiger partial charge is 0.408 e. The van der Waals surface area contributed by atoms with Crippen LogP contribution in [0.1, 0.15) is 179 Å². The second-order valence-corrected chi connectivity index (χ2v) is 31.5. The third-order valence-electron chi connectivity index (χ3n) is 19.9. The van der Waals surface area contributed by atoms with Crippen LogP contribution in [0.25, 0.3) is 77.3 Å². The number of rotatable bonds is 20. The minimum atomic E-state index is -1.38. The Kier molecular flexibility index (Phi) is 30.0. The summed E-state index contributed by atoms with van der Waals surface area (Å²) in [6.07, 6.45) is 8.97. The molecule has 0 bridgehead atoms. The molecule has 130 heavy (non-hydrogen) atoms. The minimum Gasteiger partial charge on any atom is -0.478 e. The number of amides is 3. The van der Waals surface area contributed by atoms with Crippen LogP contribution < -0.4 is 54.3 Å². The Morgan fingerprint density at radius 1 is 0.562 bits per heavy atom. The lowest BCUT2D eigenvalue weighted by Crippen LogP contribution is -2.45. The van der Waals surface area contributed by atoms with Crippen LogP contribution in [0.3, 0.4) is 0 Å². The number of nitrogens with one attached hydrogen (secondary N) is 7. The van der Waals surface area contributed by atoms with Gasteiger partial charge in [-0.1, -0.05) is 69.3 Å². The van der Waals surface area contributed by atoms with Crippen molar-refractivity contribution in [1.82, 2.24) is 84.5 Å². The second-order valence-electron chi connectivity index (χ2n) is 31.5. The lowest BCUT2D eigenvalue weighted by atomic mass is 10.1. The number of halogens is 5. The van der Waals surface area contributed by atoms with Crippen molar-refractivity contribution in [3.8, 4) is 11.4 Å². The number of hydrogen-bond acceptors (Lipinski definition) is 26. The maximum Gasteiger partial charge on any atom is 0.408 e. The molecular weight excluding hydrogens is 1690 g/mol. The Morgan fingerprint density at radius 3 is 1.75 bits per heavy atom. The van der Waals surface area contributed by atoms with E-state index in [2.05, 4.69) is 81.7 Å². The topological polar surface area (TPSA) is 442 Å². The lowest BCUT2D eigenvalue weighted by Gasteiger charge is -2.24. The summed E-state index contributed by atoms with van der Waals surface area (Å²) in [5.41, 5.74) is 1.05. The Hall–Kier alpha value is -15.2. The molecule has 0 spiro atoms. The van der Waals surface area contributed by atoms with Crippen LogP contribution in [-0.2, 0) is 19.0 Å². The quantitative estimate of drug-likeness (QED) is 0.0329. The zero-order chi connectivity index (χ0) is 93.4. The second kappa shape index (κ2) is 41.5. The summed E-state index contributed by atoms with van der Waals surface area (Å²) in [6, 6.07) is 35.2. The number of H-pyrrole nitrogens is 1. The first-order valence-electron chi connectivity index (χ1n) is 41.3. The Morgan fingerprint density at radius 2 is 1.13 bits per heavy atom. The highest BCUT2D eigenvalue weighted by Gasteiger charge is 2.30. The summed E-state index contributed by atoms with van der Waals surface area (Å²) in [7, 11) is 1.74. The number of aromatic nitrogens is 14. The number of fused-ring (bicyclic) bond motifs is 6. The molecule has 3 amide bonds. The molecule has 0 aliphatic carbocycles.